The van der Waals surface area contributed by atoms with Gasteiger partial charge in [0, 0.05) is 13.0 Å². The maximum Gasteiger partial charge on any atom is 0.328 e. The molecule has 6 nitrogen and oxygen atoms in total. The van der Waals surface area contributed by atoms with Crippen LogP contribution in [-0.4, -0.2) is 43.3 Å². The molecule has 0 spiro atoms. The highest BCUT2D eigenvalue weighted by Crippen LogP contribution is 2.17. The summed E-state index contributed by atoms with van der Waals surface area (Å²) in [6.07, 6.45) is 2.92. The lowest BCUT2D eigenvalue weighted by atomic mass is 10.0. The fourth-order valence-corrected chi connectivity index (χ4v) is 2.44. The molecule has 1 aliphatic rings. The lowest BCUT2D eigenvalue weighted by molar-refractivity contribution is -0.148. The predicted octanol–water partition coefficient (Wildman–Crippen LogP) is 0.977. The second-order valence-electron chi connectivity index (χ2n) is 5.92. The van der Waals surface area contributed by atoms with Gasteiger partial charge in [0.15, 0.2) is 0 Å². The molecule has 0 saturated carbocycles. The van der Waals surface area contributed by atoms with Gasteiger partial charge in [0.1, 0.15) is 6.04 Å². The van der Waals surface area contributed by atoms with Gasteiger partial charge in [-0.05, 0) is 32.1 Å². The van der Waals surface area contributed by atoms with E-state index >= 15 is 0 Å². The van der Waals surface area contributed by atoms with Crippen LogP contribution >= 0.6 is 0 Å². The van der Waals surface area contributed by atoms with E-state index in [1.54, 1.807) is 6.92 Å². The van der Waals surface area contributed by atoms with E-state index in [0.717, 1.165) is 12.8 Å². The van der Waals surface area contributed by atoms with Crippen LogP contribution in [-0.2, 0) is 19.1 Å². The number of nitrogens with one attached hydrogen (secondary N) is 1. The highest BCUT2D eigenvalue weighted by molar-refractivity contribution is 5.87. The van der Waals surface area contributed by atoms with E-state index in [1.807, 2.05) is 13.8 Å². The molecule has 122 valence electrons. The molecule has 6 heteroatoms. The number of amides is 1. The Morgan fingerprint density at radius 3 is 2.67 bits per heavy atom. The fourth-order valence-electron chi connectivity index (χ4n) is 2.44. The van der Waals surface area contributed by atoms with Crippen molar-refractivity contribution in [3.05, 3.63) is 0 Å². The van der Waals surface area contributed by atoms with Crippen molar-refractivity contribution in [2.24, 2.45) is 11.7 Å². The van der Waals surface area contributed by atoms with Gasteiger partial charge in [0.05, 0.1) is 18.8 Å². The molecule has 3 atom stereocenters. The molecule has 1 aliphatic heterocycles. The zero-order valence-electron chi connectivity index (χ0n) is 13.3. The third-order valence-electron chi connectivity index (χ3n) is 3.47. The number of carbonyl (C=O) groups is 2. The second-order valence-corrected chi connectivity index (χ2v) is 5.92. The van der Waals surface area contributed by atoms with Crippen LogP contribution in [0.4, 0.5) is 0 Å². The van der Waals surface area contributed by atoms with Gasteiger partial charge in [-0.25, -0.2) is 4.79 Å². The lowest BCUT2D eigenvalue weighted by Crippen LogP contribution is -2.50. The molecule has 3 N–H and O–H groups in total. The van der Waals surface area contributed by atoms with E-state index in [-0.39, 0.29) is 18.6 Å². The first kappa shape index (κ1) is 17.9. The molecule has 0 aliphatic carbocycles. The number of nitrogens with two attached hydrogens (primary N) is 1. The average Bonchev–Trinajstić information content (AvgIpc) is 2.90. The van der Waals surface area contributed by atoms with Gasteiger partial charge < -0.3 is 20.5 Å². The van der Waals surface area contributed by atoms with Crippen LogP contribution in [0, 0.1) is 5.92 Å². The third kappa shape index (κ3) is 6.44. The zero-order valence-corrected chi connectivity index (χ0v) is 13.3. The molecule has 0 bridgehead atoms. The van der Waals surface area contributed by atoms with Gasteiger partial charge in [-0.2, -0.15) is 0 Å². The predicted molar refractivity (Wildman–Crippen MR) is 79.6 cm³/mol. The molecule has 1 saturated heterocycles. The van der Waals surface area contributed by atoms with Crippen molar-refractivity contribution in [2.45, 2.75) is 64.6 Å². The number of hydrogen-bond acceptors (Lipinski definition) is 5. The topological polar surface area (TPSA) is 90.6 Å². The Bertz CT molecular complexity index is 341. The molecule has 1 rings (SSSR count). The van der Waals surface area contributed by atoms with Crippen molar-refractivity contribution in [3.8, 4) is 0 Å². The Morgan fingerprint density at radius 1 is 1.43 bits per heavy atom. The van der Waals surface area contributed by atoms with Crippen LogP contribution in [0.3, 0.4) is 0 Å². The quantitative estimate of drug-likeness (QED) is 0.652. The Hall–Kier alpha value is -1.14. The highest BCUT2D eigenvalue weighted by atomic mass is 16.5. The first-order valence-electron chi connectivity index (χ1n) is 7.78. The van der Waals surface area contributed by atoms with E-state index in [1.165, 1.54) is 0 Å². The van der Waals surface area contributed by atoms with Crippen molar-refractivity contribution in [2.75, 3.05) is 13.2 Å². The summed E-state index contributed by atoms with van der Waals surface area (Å²) in [5, 5.41) is 2.72. The molecule has 1 fully saturated rings. The van der Waals surface area contributed by atoms with Gasteiger partial charge in [0.25, 0.3) is 0 Å². The minimum Gasteiger partial charge on any atom is -0.464 e. The summed E-state index contributed by atoms with van der Waals surface area (Å²) in [7, 11) is 0. The van der Waals surface area contributed by atoms with E-state index in [4.69, 9.17) is 15.2 Å². The van der Waals surface area contributed by atoms with E-state index in [9.17, 15) is 9.59 Å². The van der Waals surface area contributed by atoms with Crippen LogP contribution in [0.1, 0.15) is 46.5 Å². The van der Waals surface area contributed by atoms with Gasteiger partial charge in [-0.3, -0.25) is 4.79 Å². The van der Waals surface area contributed by atoms with Gasteiger partial charge in [-0.15, -0.1) is 0 Å². The molecule has 21 heavy (non-hydrogen) atoms. The first-order valence-corrected chi connectivity index (χ1v) is 7.78. The lowest BCUT2D eigenvalue weighted by Gasteiger charge is -2.22. The number of rotatable bonds is 8. The SMILES string of the molecule is CCOC(=O)[C@H](C[C@@H]1CCCO1)NC(=O)[C@@H](N)CC(C)C. The number of carbonyl (C=O) groups excluding carboxylic acids is 2. The number of hydrogen-bond donors (Lipinski definition) is 2. The smallest absolute Gasteiger partial charge is 0.328 e. The average molecular weight is 300 g/mol. The summed E-state index contributed by atoms with van der Waals surface area (Å²) < 4.78 is 10.6. The molecule has 1 amide bonds. The Morgan fingerprint density at radius 2 is 2.14 bits per heavy atom. The monoisotopic (exact) mass is 300 g/mol. The summed E-state index contributed by atoms with van der Waals surface area (Å²) in [5.74, 6) is -0.400. The van der Waals surface area contributed by atoms with E-state index in [0.29, 0.717) is 25.4 Å². The van der Waals surface area contributed by atoms with Crippen LogP contribution in [0.15, 0.2) is 0 Å². The molecule has 0 aromatic heterocycles. The van der Waals surface area contributed by atoms with Crippen molar-refractivity contribution >= 4 is 11.9 Å². The molecule has 1 heterocycles. The molecule has 0 radical (unpaired) electrons. The van der Waals surface area contributed by atoms with Crippen molar-refractivity contribution in [1.82, 2.24) is 5.32 Å². The Labute approximate surface area is 126 Å². The van der Waals surface area contributed by atoms with E-state index < -0.39 is 18.1 Å². The summed E-state index contributed by atoms with van der Waals surface area (Å²) >= 11 is 0. The molecule has 0 aromatic carbocycles. The largest absolute Gasteiger partial charge is 0.464 e. The van der Waals surface area contributed by atoms with Crippen molar-refractivity contribution in [3.63, 3.8) is 0 Å². The highest BCUT2D eigenvalue weighted by Gasteiger charge is 2.29. The number of ether oxygens (including phenoxy) is 2. The minimum absolute atomic E-state index is 0.000953. The Kier molecular flexibility index (Phi) is 7.67. The minimum atomic E-state index is -0.682. The molecular formula is C15H28N2O4. The van der Waals surface area contributed by atoms with Crippen LogP contribution in [0.5, 0.6) is 0 Å². The van der Waals surface area contributed by atoms with Crippen molar-refractivity contribution in [1.29, 1.82) is 0 Å². The third-order valence-corrected chi connectivity index (χ3v) is 3.47. The Balaban J connectivity index is 2.58. The first-order chi connectivity index (χ1) is 9.93. The normalized spacial score (nSPS) is 21.1. The standard InChI is InChI=1S/C15H28N2O4/c1-4-20-15(19)13(9-11-6-5-7-21-11)17-14(18)12(16)8-10(2)3/h10-13H,4-9,16H2,1-3H3,(H,17,18)/t11-,12-,13-/m0/s1. The summed E-state index contributed by atoms with van der Waals surface area (Å²) in [6, 6.07) is -1.29. The fraction of sp³-hybridized carbons (Fsp3) is 0.867. The molecule has 0 aromatic rings. The molecular weight excluding hydrogens is 272 g/mol. The zero-order chi connectivity index (χ0) is 15.8. The molecule has 0 unspecified atom stereocenters. The van der Waals surface area contributed by atoms with Gasteiger partial charge >= 0.3 is 5.97 Å². The second kappa shape index (κ2) is 9.00. The number of esters is 1. The van der Waals surface area contributed by atoms with E-state index in [2.05, 4.69) is 5.32 Å². The maximum absolute atomic E-state index is 12.1. The summed E-state index contributed by atoms with van der Waals surface area (Å²) in [4.78, 5) is 24.1. The van der Waals surface area contributed by atoms with Gasteiger partial charge in [0.2, 0.25) is 5.91 Å². The van der Waals surface area contributed by atoms with Crippen LogP contribution < -0.4 is 11.1 Å². The summed E-state index contributed by atoms with van der Waals surface area (Å²) in [5.41, 5.74) is 5.85. The summed E-state index contributed by atoms with van der Waals surface area (Å²) in [6.45, 7) is 6.74. The van der Waals surface area contributed by atoms with Crippen LogP contribution in [0.2, 0.25) is 0 Å². The van der Waals surface area contributed by atoms with Gasteiger partial charge in [-0.1, -0.05) is 13.8 Å². The maximum atomic E-state index is 12.1. The van der Waals surface area contributed by atoms with Crippen molar-refractivity contribution < 1.29 is 19.1 Å². The van der Waals surface area contributed by atoms with Crippen LogP contribution in [0.25, 0.3) is 0 Å².